The molecule has 1 fully saturated rings. The Labute approximate surface area is 193 Å². The minimum absolute atomic E-state index is 0.194. The zero-order valence-electron chi connectivity index (χ0n) is 18.9. The van der Waals surface area contributed by atoms with Crippen molar-refractivity contribution >= 4 is 33.6 Å². The van der Waals surface area contributed by atoms with Crippen LogP contribution in [0, 0.1) is 0 Å². The smallest absolute Gasteiger partial charge is 0.399 e. The molecule has 0 N–H and O–H groups in total. The van der Waals surface area contributed by atoms with Crippen molar-refractivity contribution in [2.24, 2.45) is 0 Å². The molecule has 168 valence electrons. The third-order valence-corrected chi connectivity index (χ3v) is 8.11. The van der Waals surface area contributed by atoms with Crippen LogP contribution in [0.2, 0.25) is 0 Å². The van der Waals surface area contributed by atoms with Crippen molar-refractivity contribution in [2.75, 3.05) is 0 Å². The second kappa shape index (κ2) is 7.51. The summed E-state index contributed by atoms with van der Waals surface area (Å²) >= 11 is 0. The summed E-state index contributed by atoms with van der Waals surface area (Å²) in [6.45, 7) is 7.96. The molecule has 0 radical (unpaired) electrons. The van der Waals surface area contributed by atoms with Gasteiger partial charge in [-0.3, -0.25) is 4.98 Å². The summed E-state index contributed by atoms with van der Waals surface area (Å²) in [4.78, 5) is 8.85. The predicted molar refractivity (Wildman–Crippen MR) is 128 cm³/mol. The molecule has 0 spiro atoms. The molecule has 5 rings (SSSR count). The largest absolute Gasteiger partial charge is 0.496 e. The molecular formula is C24H24BN3O4S. The number of rotatable bonds is 4. The summed E-state index contributed by atoms with van der Waals surface area (Å²) in [7, 11) is -4.45. The summed E-state index contributed by atoms with van der Waals surface area (Å²) in [5.74, 6) is 0. The van der Waals surface area contributed by atoms with E-state index in [0.717, 1.165) is 16.6 Å². The van der Waals surface area contributed by atoms with Crippen LogP contribution in [0.3, 0.4) is 0 Å². The Balaban J connectivity index is 1.70. The normalized spacial score (nSPS) is 17.5. The molecule has 1 aliphatic rings. The van der Waals surface area contributed by atoms with Crippen molar-refractivity contribution < 1.29 is 17.7 Å². The Bertz CT molecular complexity index is 1420. The minimum atomic E-state index is -3.85. The zero-order chi connectivity index (χ0) is 23.4. The molecule has 7 nitrogen and oxygen atoms in total. The lowest BCUT2D eigenvalue weighted by atomic mass is 9.79. The Kier molecular flexibility index (Phi) is 4.97. The van der Waals surface area contributed by atoms with Gasteiger partial charge in [-0.25, -0.2) is 17.4 Å². The van der Waals surface area contributed by atoms with Crippen molar-refractivity contribution in [3.05, 3.63) is 73.3 Å². The van der Waals surface area contributed by atoms with Crippen molar-refractivity contribution in [1.82, 2.24) is 13.9 Å². The Morgan fingerprint density at radius 1 is 0.939 bits per heavy atom. The van der Waals surface area contributed by atoms with E-state index in [9.17, 15) is 8.42 Å². The highest BCUT2D eigenvalue weighted by atomic mass is 32.2. The van der Waals surface area contributed by atoms with E-state index in [2.05, 4.69) is 9.97 Å². The molecular weight excluding hydrogens is 437 g/mol. The van der Waals surface area contributed by atoms with Gasteiger partial charge in [0.05, 0.1) is 16.1 Å². The van der Waals surface area contributed by atoms with Crippen molar-refractivity contribution in [1.29, 1.82) is 0 Å². The molecule has 0 bridgehead atoms. The van der Waals surface area contributed by atoms with Crippen LogP contribution in [0.4, 0.5) is 0 Å². The lowest BCUT2D eigenvalue weighted by Gasteiger charge is -2.32. The van der Waals surface area contributed by atoms with Crippen molar-refractivity contribution in [3.63, 3.8) is 0 Å². The Morgan fingerprint density at radius 3 is 2.21 bits per heavy atom. The molecule has 3 aromatic heterocycles. The van der Waals surface area contributed by atoms with Gasteiger partial charge < -0.3 is 9.31 Å². The fourth-order valence-corrected chi connectivity index (χ4v) is 5.20. The first kappa shape index (κ1) is 21.8. The zero-order valence-corrected chi connectivity index (χ0v) is 19.7. The summed E-state index contributed by atoms with van der Waals surface area (Å²) in [5, 5.41) is 0.688. The highest BCUT2D eigenvalue weighted by Crippen LogP contribution is 2.37. The molecule has 0 unspecified atom stereocenters. The maximum atomic E-state index is 13.5. The quantitative estimate of drug-likeness (QED) is 0.432. The molecule has 4 aromatic rings. The first-order valence-corrected chi connectivity index (χ1v) is 12.1. The molecule has 1 saturated heterocycles. The van der Waals surface area contributed by atoms with Gasteiger partial charge in [0.2, 0.25) is 0 Å². The summed E-state index contributed by atoms with van der Waals surface area (Å²) in [5.41, 5.74) is 1.65. The van der Waals surface area contributed by atoms with E-state index in [1.807, 2.05) is 45.9 Å². The molecule has 0 aliphatic carbocycles. The van der Waals surface area contributed by atoms with E-state index in [1.54, 1.807) is 55.1 Å². The first-order chi connectivity index (χ1) is 15.6. The van der Waals surface area contributed by atoms with Crippen LogP contribution in [0.25, 0.3) is 22.2 Å². The van der Waals surface area contributed by atoms with Crippen LogP contribution in [0.1, 0.15) is 27.7 Å². The molecule has 1 aliphatic heterocycles. The van der Waals surface area contributed by atoms with Crippen LogP contribution in [-0.2, 0) is 19.3 Å². The van der Waals surface area contributed by atoms with Gasteiger partial charge in [0.15, 0.2) is 5.65 Å². The fraction of sp³-hybridized carbons (Fsp3) is 0.250. The summed E-state index contributed by atoms with van der Waals surface area (Å²) in [6, 6.07) is 13.9. The number of hydrogen-bond acceptors (Lipinski definition) is 6. The number of nitrogens with zero attached hydrogens (tertiary/aromatic N) is 3. The lowest BCUT2D eigenvalue weighted by Crippen LogP contribution is -2.41. The average Bonchev–Trinajstić information content (AvgIpc) is 3.29. The molecule has 0 atom stereocenters. The Hall–Kier alpha value is -3.01. The standard InChI is InChI=1S/C24H24BN3O4S/c1-23(2)24(3,4)32-25(31-23)18-14-20-21(17-10-12-26-13-11-17)16-28(22(20)27-15-18)33(29,30)19-8-6-5-7-9-19/h5-16H,1-4H3. The monoisotopic (exact) mass is 461 g/mol. The van der Waals surface area contributed by atoms with Gasteiger partial charge in [0.25, 0.3) is 10.0 Å². The van der Waals surface area contributed by atoms with Gasteiger partial charge in [-0.15, -0.1) is 0 Å². The maximum Gasteiger partial charge on any atom is 0.496 e. The van der Waals surface area contributed by atoms with Crippen LogP contribution >= 0.6 is 0 Å². The average molecular weight is 461 g/mol. The van der Waals surface area contributed by atoms with E-state index in [-0.39, 0.29) is 4.90 Å². The predicted octanol–water partition coefficient (Wildman–Crippen LogP) is 3.63. The lowest BCUT2D eigenvalue weighted by molar-refractivity contribution is 0.00578. The first-order valence-electron chi connectivity index (χ1n) is 10.7. The molecule has 4 heterocycles. The van der Waals surface area contributed by atoms with E-state index < -0.39 is 28.3 Å². The van der Waals surface area contributed by atoms with Crippen molar-refractivity contribution in [3.8, 4) is 11.1 Å². The van der Waals surface area contributed by atoms with Crippen molar-refractivity contribution in [2.45, 2.75) is 43.8 Å². The minimum Gasteiger partial charge on any atom is -0.399 e. The molecule has 33 heavy (non-hydrogen) atoms. The van der Waals surface area contributed by atoms with Gasteiger partial charge in [0, 0.05) is 41.2 Å². The van der Waals surface area contributed by atoms with Crippen LogP contribution in [0.15, 0.2) is 78.2 Å². The van der Waals surface area contributed by atoms with E-state index in [1.165, 1.54) is 3.97 Å². The third-order valence-electron chi connectivity index (χ3n) is 6.45. The number of fused-ring (bicyclic) bond motifs is 1. The topological polar surface area (TPSA) is 83.3 Å². The number of aromatic nitrogens is 3. The summed E-state index contributed by atoms with van der Waals surface area (Å²) < 4.78 is 40.5. The summed E-state index contributed by atoms with van der Waals surface area (Å²) in [6.07, 6.45) is 6.59. The second-order valence-corrected chi connectivity index (χ2v) is 10.9. The van der Waals surface area contributed by atoms with Crippen LogP contribution in [0.5, 0.6) is 0 Å². The molecule has 1 aromatic carbocycles. The van der Waals surface area contributed by atoms with Gasteiger partial charge in [-0.05, 0) is 63.6 Å². The molecule has 0 saturated carbocycles. The number of hydrogen-bond donors (Lipinski definition) is 0. The fourth-order valence-electron chi connectivity index (χ4n) is 3.85. The van der Waals surface area contributed by atoms with Gasteiger partial charge >= 0.3 is 7.12 Å². The van der Waals surface area contributed by atoms with Gasteiger partial charge in [-0.2, -0.15) is 0 Å². The second-order valence-electron chi connectivity index (χ2n) is 9.12. The SMILES string of the molecule is CC1(C)OB(c2cnc3c(c2)c(-c2ccncc2)cn3S(=O)(=O)c2ccccc2)OC1(C)C. The molecule has 0 amide bonds. The highest BCUT2D eigenvalue weighted by Gasteiger charge is 2.52. The maximum absolute atomic E-state index is 13.5. The van der Waals surface area contributed by atoms with E-state index >= 15 is 0 Å². The van der Waals surface area contributed by atoms with E-state index in [4.69, 9.17) is 9.31 Å². The highest BCUT2D eigenvalue weighted by molar-refractivity contribution is 7.90. The third kappa shape index (κ3) is 3.56. The number of benzene rings is 1. The number of pyridine rings is 2. The van der Waals surface area contributed by atoms with Gasteiger partial charge in [0.1, 0.15) is 0 Å². The van der Waals surface area contributed by atoms with Crippen LogP contribution < -0.4 is 5.46 Å². The Morgan fingerprint density at radius 2 is 1.58 bits per heavy atom. The molecule has 9 heteroatoms. The van der Waals surface area contributed by atoms with E-state index in [0.29, 0.717) is 11.0 Å². The van der Waals surface area contributed by atoms with Crippen LogP contribution in [-0.4, -0.2) is 40.7 Å². The van der Waals surface area contributed by atoms with Gasteiger partial charge in [-0.1, -0.05) is 18.2 Å².